The predicted molar refractivity (Wildman–Crippen MR) is 113 cm³/mol. The van der Waals surface area contributed by atoms with E-state index >= 15 is 0 Å². The minimum atomic E-state index is -3.74. The van der Waals surface area contributed by atoms with Gasteiger partial charge in [0, 0.05) is 43.8 Å². The molecule has 1 aromatic carbocycles. The molecule has 1 N–H and O–H groups in total. The number of amides is 1. The molecule has 0 saturated carbocycles. The van der Waals surface area contributed by atoms with Gasteiger partial charge in [-0.2, -0.15) is 4.73 Å². The van der Waals surface area contributed by atoms with Crippen LogP contribution in [0.1, 0.15) is 24.8 Å². The summed E-state index contributed by atoms with van der Waals surface area (Å²) in [4.78, 5) is 18.7. The number of rotatable bonds is 4. The highest BCUT2D eigenvalue weighted by molar-refractivity contribution is 7.22. The van der Waals surface area contributed by atoms with Gasteiger partial charge in [-0.1, -0.05) is 11.3 Å². The second kappa shape index (κ2) is 7.94. The van der Waals surface area contributed by atoms with Crippen LogP contribution in [-0.2, 0) is 4.79 Å². The van der Waals surface area contributed by atoms with Crippen molar-refractivity contribution in [1.82, 2.24) is 9.88 Å². The van der Waals surface area contributed by atoms with Crippen molar-refractivity contribution in [2.45, 2.75) is 37.5 Å². The second-order valence-corrected chi connectivity index (χ2v) is 9.20. The smallest absolute Gasteiger partial charge is 0.586 e. The SMILES string of the molecule is C[C@@H](C(=O)Nc1nc2cc3c(cc2s1)OC(F)(F)O3)N1CCC(F)(F)[C@@H](c2cc[n+]([O-])cc2)C1. The van der Waals surface area contributed by atoms with Gasteiger partial charge in [-0.25, -0.2) is 13.8 Å². The highest BCUT2D eigenvalue weighted by atomic mass is 32.1. The van der Waals surface area contributed by atoms with Crippen molar-refractivity contribution in [2.24, 2.45) is 0 Å². The van der Waals surface area contributed by atoms with Gasteiger partial charge in [-0.15, -0.1) is 8.78 Å². The molecule has 0 radical (unpaired) electrons. The van der Waals surface area contributed by atoms with Crippen LogP contribution in [0.15, 0.2) is 36.7 Å². The van der Waals surface area contributed by atoms with Crippen molar-refractivity contribution in [3.63, 3.8) is 0 Å². The molecule has 3 aromatic rings. The molecule has 0 bridgehead atoms. The molecule has 2 aromatic heterocycles. The summed E-state index contributed by atoms with van der Waals surface area (Å²) < 4.78 is 65.6. The van der Waals surface area contributed by atoms with Crippen LogP contribution in [-0.4, -0.2) is 47.1 Å². The number of pyridine rings is 1. The Bertz CT molecular complexity index is 1210. The average Bonchev–Trinajstić information content (AvgIpc) is 3.28. The summed E-state index contributed by atoms with van der Waals surface area (Å²) in [6, 6.07) is 4.63. The lowest BCUT2D eigenvalue weighted by atomic mass is 9.87. The van der Waals surface area contributed by atoms with Crippen molar-refractivity contribution in [3.8, 4) is 11.5 Å². The summed E-state index contributed by atoms with van der Waals surface area (Å²) in [7, 11) is 0. The molecule has 1 saturated heterocycles. The number of carbonyl (C=O) groups excluding carboxylic acids is 1. The molecule has 1 amide bonds. The normalized spacial score (nSPS) is 22.0. The standard InChI is InChI=1S/C21H18F4N4O4S/c1-11(28-7-4-20(22,23)13(10-28)12-2-5-29(31)6-3-12)18(30)27-19-26-14-8-15-16(9-17(14)34-19)33-21(24,25)32-15/h2-3,5-6,8-9,11,13H,4,7,10H2,1H3,(H,26,27,30)/t11-,13+/m0/s1. The van der Waals surface area contributed by atoms with E-state index in [4.69, 9.17) is 0 Å². The number of aromatic nitrogens is 2. The summed E-state index contributed by atoms with van der Waals surface area (Å²) in [5.41, 5.74) is 0.661. The Labute approximate surface area is 194 Å². The number of ether oxygens (including phenoxy) is 2. The summed E-state index contributed by atoms with van der Waals surface area (Å²) in [5.74, 6) is -4.87. The fourth-order valence-corrected chi connectivity index (χ4v) is 4.96. The lowest BCUT2D eigenvalue weighted by molar-refractivity contribution is -0.605. The van der Waals surface area contributed by atoms with Crippen LogP contribution in [0.5, 0.6) is 11.5 Å². The molecular formula is C21H18F4N4O4S. The van der Waals surface area contributed by atoms with Crippen LogP contribution in [0.2, 0.25) is 0 Å². The summed E-state index contributed by atoms with van der Waals surface area (Å²) >= 11 is 1.06. The lowest BCUT2D eigenvalue weighted by Gasteiger charge is -2.40. The van der Waals surface area contributed by atoms with Gasteiger partial charge in [0.15, 0.2) is 29.0 Å². The van der Waals surface area contributed by atoms with Crippen LogP contribution < -0.4 is 19.5 Å². The zero-order valence-electron chi connectivity index (χ0n) is 17.6. The zero-order valence-corrected chi connectivity index (χ0v) is 18.5. The molecule has 8 nitrogen and oxygen atoms in total. The number of nitrogens with zero attached hydrogens (tertiary/aromatic N) is 3. The molecule has 0 spiro atoms. The number of thiazole rings is 1. The third-order valence-electron chi connectivity index (χ3n) is 5.96. The first-order chi connectivity index (χ1) is 16.0. The van der Waals surface area contributed by atoms with Crippen molar-refractivity contribution in [2.75, 3.05) is 18.4 Å². The molecule has 0 aliphatic carbocycles. The van der Waals surface area contributed by atoms with Crippen LogP contribution in [0.3, 0.4) is 0 Å². The topological polar surface area (TPSA) is 90.6 Å². The Morgan fingerprint density at radius 3 is 2.65 bits per heavy atom. The minimum absolute atomic E-state index is 0.0158. The summed E-state index contributed by atoms with van der Waals surface area (Å²) in [5, 5.41) is 14.2. The third-order valence-corrected chi connectivity index (χ3v) is 6.89. The number of hydrogen-bond donors (Lipinski definition) is 1. The Kier molecular flexibility index (Phi) is 5.28. The number of nitrogens with one attached hydrogen (secondary N) is 1. The fourth-order valence-electron chi connectivity index (χ4n) is 4.09. The number of piperidine rings is 1. The monoisotopic (exact) mass is 498 g/mol. The first kappa shape index (κ1) is 22.6. The van der Waals surface area contributed by atoms with E-state index in [0.717, 1.165) is 11.3 Å². The average molecular weight is 498 g/mol. The Hall–Kier alpha value is -3.19. The van der Waals surface area contributed by atoms with Gasteiger partial charge in [0.1, 0.15) is 0 Å². The maximum Gasteiger partial charge on any atom is 0.586 e. The summed E-state index contributed by atoms with van der Waals surface area (Å²) in [6.07, 6.45) is -1.84. The van der Waals surface area contributed by atoms with Crippen LogP contribution in [0.25, 0.3) is 10.2 Å². The van der Waals surface area contributed by atoms with Gasteiger partial charge >= 0.3 is 6.29 Å². The molecule has 2 atom stereocenters. The van der Waals surface area contributed by atoms with Gasteiger partial charge in [0.05, 0.1) is 22.2 Å². The second-order valence-electron chi connectivity index (χ2n) is 8.17. The fraction of sp³-hybridized carbons (Fsp3) is 0.381. The quantitative estimate of drug-likeness (QED) is 0.335. The van der Waals surface area contributed by atoms with E-state index in [1.54, 1.807) is 11.8 Å². The van der Waals surface area contributed by atoms with E-state index in [0.29, 0.717) is 20.5 Å². The molecule has 13 heteroatoms. The van der Waals surface area contributed by atoms with Crippen molar-refractivity contribution in [3.05, 3.63) is 47.4 Å². The number of fused-ring (bicyclic) bond motifs is 2. The highest BCUT2D eigenvalue weighted by Crippen LogP contribution is 2.45. The molecule has 4 heterocycles. The number of alkyl halides is 4. The third kappa shape index (κ3) is 4.20. The molecule has 34 heavy (non-hydrogen) atoms. The van der Waals surface area contributed by atoms with E-state index in [1.165, 1.54) is 36.7 Å². The molecule has 180 valence electrons. The summed E-state index contributed by atoms with van der Waals surface area (Å²) in [6.45, 7) is 1.56. The minimum Gasteiger partial charge on any atom is -0.619 e. The van der Waals surface area contributed by atoms with Crippen LogP contribution in [0, 0.1) is 5.21 Å². The van der Waals surface area contributed by atoms with Crippen molar-refractivity contribution < 1.29 is 36.6 Å². The highest BCUT2D eigenvalue weighted by Gasteiger charge is 2.47. The number of halogens is 4. The maximum atomic E-state index is 14.6. The molecule has 1 fully saturated rings. The lowest BCUT2D eigenvalue weighted by Crippen LogP contribution is -2.52. The Morgan fingerprint density at radius 1 is 1.26 bits per heavy atom. The number of likely N-dealkylation sites (tertiary alicyclic amines) is 1. The van der Waals surface area contributed by atoms with Gasteiger partial charge in [0.2, 0.25) is 5.91 Å². The number of benzene rings is 1. The van der Waals surface area contributed by atoms with Crippen molar-refractivity contribution in [1.29, 1.82) is 0 Å². The van der Waals surface area contributed by atoms with Crippen LogP contribution >= 0.6 is 11.3 Å². The number of carbonyl (C=O) groups is 1. The number of hydrogen-bond acceptors (Lipinski definition) is 7. The molecule has 2 aliphatic heterocycles. The molecule has 0 unspecified atom stereocenters. The first-order valence-electron chi connectivity index (χ1n) is 10.3. The van der Waals surface area contributed by atoms with Gasteiger partial charge in [0.25, 0.3) is 5.92 Å². The Balaban J connectivity index is 1.29. The van der Waals surface area contributed by atoms with Gasteiger partial charge in [-0.05, 0) is 12.5 Å². The molecular weight excluding hydrogens is 480 g/mol. The van der Waals surface area contributed by atoms with E-state index in [-0.39, 0.29) is 29.7 Å². The molecule has 5 rings (SSSR count). The van der Waals surface area contributed by atoms with Gasteiger partial charge < -0.3 is 20.0 Å². The van der Waals surface area contributed by atoms with Crippen molar-refractivity contribution >= 4 is 32.6 Å². The largest absolute Gasteiger partial charge is 0.619 e. The van der Waals surface area contributed by atoms with E-state index in [1.807, 2.05) is 0 Å². The van der Waals surface area contributed by atoms with E-state index < -0.39 is 36.5 Å². The molecule has 2 aliphatic rings. The van der Waals surface area contributed by atoms with Gasteiger partial charge in [-0.3, -0.25) is 9.69 Å². The number of anilines is 1. The predicted octanol–water partition coefficient (Wildman–Crippen LogP) is 3.70. The Morgan fingerprint density at radius 2 is 1.94 bits per heavy atom. The zero-order chi connectivity index (χ0) is 24.3. The first-order valence-corrected chi connectivity index (χ1v) is 11.1. The van der Waals surface area contributed by atoms with E-state index in [2.05, 4.69) is 19.8 Å². The maximum absolute atomic E-state index is 14.6. The van der Waals surface area contributed by atoms with E-state index in [9.17, 15) is 27.6 Å². The van der Waals surface area contributed by atoms with Crippen LogP contribution in [0.4, 0.5) is 22.7 Å².